The van der Waals surface area contributed by atoms with Gasteiger partial charge >= 0.3 is 0 Å². The number of rotatable bonds is 3. The van der Waals surface area contributed by atoms with E-state index in [0.717, 1.165) is 6.42 Å². The third-order valence-corrected chi connectivity index (χ3v) is 6.43. The Kier molecular flexibility index (Phi) is 2.55. The number of hydrogen-bond donors (Lipinski definition) is 1. The van der Waals surface area contributed by atoms with E-state index in [2.05, 4.69) is 12.1 Å². The molecule has 4 aliphatic rings. The van der Waals surface area contributed by atoms with Crippen LogP contribution in [0.4, 0.5) is 8.78 Å². The Bertz CT molecular complexity index is 590. The highest BCUT2D eigenvalue weighted by atomic mass is 19.3. The molecule has 5 unspecified atom stereocenters. The summed E-state index contributed by atoms with van der Waals surface area (Å²) in [5.41, 5.74) is 6.05. The van der Waals surface area contributed by atoms with Crippen LogP contribution in [-0.2, 0) is 10.2 Å². The average molecular weight is 291 g/mol. The summed E-state index contributed by atoms with van der Waals surface area (Å²) < 4.78 is 26.9. The second-order valence-electron chi connectivity index (χ2n) is 7.23. The van der Waals surface area contributed by atoms with E-state index in [0.29, 0.717) is 19.3 Å². The average Bonchev–Trinajstić information content (AvgIpc) is 2.83. The van der Waals surface area contributed by atoms with Gasteiger partial charge in [-0.05, 0) is 48.5 Å². The molecule has 0 heterocycles. The van der Waals surface area contributed by atoms with Crippen LogP contribution < -0.4 is 5.73 Å². The summed E-state index contributed by atoms with van der Waals surface area (Å²) in [7, 11) is 0. The van der Waals surface area contributed by atoms with Crippen LogP contribution >= 0.6 is 0 Å². The van der Waals surface area contributed by atoms with Gasteiger partial charge in [-0.3, -0.25) is 4.79 Å². The van der Waals surface area contributed by atoms with Crippen LogP contribution in [0.2, 0.25) is 0 Å². The van der Waals surface area contributed by atoms with Crippen molar-refractivity contribution in [3.8, 4) is 0 Å². The number of hydrogen-bond acceptors (Lipinski definition) is 1. The van der Waals surface area contributed by atoms with Crippen molar-refractivity contribution >= 4 is 5.91 Å². The Morgan fingerprint density at radius 1 is 1.19 bits per heavy atom. The minimum Gasteiger partial charge on any atom is -0.369 e. The van der Waals surface area contributed by atoms with Crippen LogP contribution in [0.25, 0.3) is 0 Å². The molecule has 0 saturated heterocycles. The molecule has 2 N–H and O–H groups in total. The van der Waals surface area contributed by atoms with Gasteiger partial charge in [0.25, 0.3) is 0 Å². The van der Waals surface area contributed by atoms with Gasteiger partial charge in [0.05, 0.1) is 5.41 Å². The molecule has 0 radical (unpaired) electrons. The van der Waals surface area contributed by atoms with E-state index in [-0.39, 0.29) is 23.2 Å². The molecule has 5 rings (SSSR count). The first kappa shape index (κ1) is 13.2. The maximum Gasteiger partial charge on any atom is 0.242 e. The Morgan fingerprint density at radius 2 is 1.90 bits per heavy atom. The molecule has 0 aliphatic heterocycles. The van der Waals surface area contributed by atoms with Gasteiger partial charge in [-0.2, -0.15) is 0 Å². The molecule has 21 heavy (non-hydrogen) atoms. The Hall–Kier alpha value is -1.45. The zero-order chi connectivity index (χ0) is 14.8. The molecule has 4 saturated carbocycles. The SMILES string of the molecule is NC(=O)C12CC3CC(c4ccccc4)(CC1C3C(F)F)C2. The summed E-state index contributed by atoms with van der Waals surface area (Å²) in [4.78, 5) is 12.1. The molecule has 1 amide bonds. The van der Waals surface area contributed by atoms with E-state index in [4.69, 9.17) is 5.73 Å². The second-order valence-corrected chi connectivity index (χ2v) is 7.23. The number of nitrogens with two attached hydrogens (primary N) is 1. The first-order valence-electron chi connectivity index (χ1n) is 7.62. The third kappa shape index (κ3) is 1.53. The van der Waals surface area contributed by atoms with Crippen molar-refractivity contribution in [2.45, 2.75) is 37.5 Å². The fourth-order valence-corrected chi connectivity index (χ4v) is 5.83. The summed E-state index contributed by atoms with van der Waals surface area (Å²) in [6.45, 7) is 0. The lowest BCUT2D eigenvalue weighted by Crippen LogP contribution is -2.41. The van der Waals surface area contributed by atoms with Crippen molar-refractivity contribution in [2.24, 2.45) is 28.9 Å². The molecule has 0 spiro atoms. The van der Waals surface area contributed by atoms with Gasteiger partial charge in [-0.15, -0.1) is 0 Å². The summed E-state index contributed by atoms with van der Waals surface area (Å²) in [6.07, 6.45) is 0.344. The van der Waals surface area contributed by atoms with Gasteiger partial charge in [-0.1, -0.05) is 30.3 Å². The van der Waals surface area contributed by atoms with Gasteiger partial charge in [0.1, 0.15) is 0 Å². The van der Waals surface area contributed by atoms with Crippen LogP contribution in [0.3, 0.4) is 0 Å². The largest absolute Gasteiger partial charge is 0.369 e. The molecular formula is C17H19F2NO. The van der Waals surface area contributed by atoms with E-state index >= 15 is 0 Å². The Balaban J connectivity index is 1.80. The van der Waals surface area contributed by atoms with Crippen molar-refractivity contribution in [3.63, 3.8) is 0 Å². The van der Waals surface area contributed by atoms with Gasteiger partial charge in [0.15, 0.2) is 0 Å². The minimum atomic E-state index is -2.34. The van der Waals surface area contributed by atoms with Crippen molar-refractivity contribution in [1.82, 2.24) is 0 Å². The fraction of sp³-hybridized carbons (Fsp3) is 0.588. The first-order chi connectivity index (χ1) is 9.98. The van der Waals surface area contributed by atoms with Crippen LogP contribution in [0.1, 0.15) is 31.2 Å². The molecule has 5 atom stereocenters. The number of carbonyl (C=O) groups is 1. The van der Waals surface area contributed by atoms with Crippen molar-refractivity contribution in [1.29, 1.82) is 0 Å². The predicted molar refractivity (Wildman–Crippen MR) is 74.7 cm³/mol. The van der Waals surface area contributed by atoms with E-state index < -0.39 is 17.8 Å². The lowest BCUT2D eigenvalue weighted by atomic mass is 9.62. The molecule has 4 bridgehead atoms. The predicted octanol–water partition coefficient (Wildman–Crippen LogP) is 3.11. The molecular weight excluding hydrogens is 272 g/mol. The van der Waals surface area contributed by atoms with E-state index in [1.54, 1.807) is 0 Å². The molecule has 1 aromatic carbocycles. The smallest absolute Gasteiger partial charge is 0.242 e. The first-order valence-corrected chi connectivity index (χ1v) is 7.62. The molecule has 0 aromatic heterocycles. The lowest BCUT2D eigenvalue weighted by molar-refractivity contribution is -0.129. The summed E-state index contributed by atoms with van der Waals surface area (Å²) in [5, 5.41) is 0. The van der Waals surface area contributed by atoms with E-state index in [1.165, 1.54) is 5.56 Å². The summed E-state index contributed by atoms with van der Waals surface area (Å²) in [6, 6.07) is 10.1. The number of carbonyl (C=O) groups excluding carboxylic acids is 1. The number of halogens is 2. The number of amides is 1. The van der Waals surface area contributed by atoms with Crippen molar-refractivity contribution in [2.75, 3.05) is 0 Å². The van der Waals surface area contributed by atoms with Gasteiger partial charge < -0.3 is 5.73 Å². The van der Waals surface area contributed by atoms with Gasteiger partial charge in [-0.25, -0.2) is 8.78 Å². The quantitative estimate of drug-likeness (QED) is 0.913. The third-order valence-electron chi connectivity index (χ3n) is 6.43. The molecule has 1 aromatic rings. The number of benzene rings is 1. The van der Waals surface area contributed by atoms with Crippen LogP contribution in [0.5, 0.6) is 0 Å². The van der Waals surface area contributed by atoms with Gasteiger partial charge in [0, 0.05) is 5.92 Å². The Morgan fingerprint density at radius 3 is 2.52 bits per heavy atom. The van der Waals surface area contributed by atoms with Gasteiger partial charge in [0.2, 0.25) is 12.3 Å². The van der Waals surface area contributed by atoms with Crippen molar-refractivity contribution in [3.05, 3.63) is 35.9 Å². The number of alkyl halides is 2. The lowest BCUT2D eigenvalue weighted by Gasteiger charge is -2.42. The summed E-state index contributed by atoms with van der Waals surface area (Å²) >= 11 is 0. The highest BCUT2D eigenvalue weighted by molar-refractivity contribution is 5.83. The maximum atomic E-state index is 13.5. The van der Waals surface area contributed by atoms with Crippen LogP contribution in [0.15, 0.2) is 30.3 Å². The highest BCUT2D eigenvalue weighted by Gasteiger charge is 2.71. The number of primary amides is 1. The molecule has 112 valence electrons. The topological polar surface area (TPSA) is 43.1 Å². The monoisotopic (exact) mass is 291 g/mol. The van der Waals surface area contributed by atoms with E-state index in [9.17, 15) is 13.6 Å². The standard InChI is InChI=1S/C17H19F2NO/c18-14(19)13-10-6-16(11-4-2-1-3-5-11)8-12(13)17(7-10,9-16)15(20)21/h1-5,10,12-14H,6-9H2,(H2,20,21). The molecule has 4 fully saturated rings. The van der Waals surface area contributed by atoms with E-state index in [1.807, 2.05) is 18.2 Å². The highest BCUT2D eigenvalue weighted by Crippen LogP contribution is 2.73. The zero-order valence-electron chi connectivity index (χ0n) is 11.8. The summed E-state index contributed by atoms with van der Waals surface area (Å²) in [5.74, 6) is -1.31. The van der Waals surface area contributed by atoms with Crippen LogP contribution in [-0.4, -0.2) is 12.3 Å². The Labute approximate surface area is 122 Å². The second kappa shape index (κ2) is 4.05. The van der Waals surface area contributed by atoms with Crippen LogP contribution in [0, 0.1) is 23.2 Å². The zero-order valence-corrected chi connectivity index (χ0v) is 11.8. The van der Waals surface area contributed by atoms with Crippen molar-refractivity contribution < 1.29 is 13.6 Å². The molecule has 4 aliphatic carbocycles. The maximum absolute atomic E-state index is 13.5. The molecule has 2 nitrogen and oxygen atoms in total. The fourth-order valence-electron chi connectivity index (χ4n) is 5.83. The normalized spacial score (nSPS) is 43.7. The minimum absolute atomic E-state index is 0.0646. The molecule has 4 heteroatoms.